The molecule has 0 aromatic heterocycles. The quantitative estimate of drug-likeness (QED) is 0.417. The summed E-state index contributed by atoms with van der Waals surface area (Å²) in [6, 6.07) is 9.93. The van der Waals surface area contributed by atoms with Crippen LogP contribution in [0.3, 0.4) is 0 Å². The number of hydrogen-bond acceptors (Lipinski definition) is 1. The van der Waals surface area contributed by atoms with Gasteiger partial charge in [0.2, 0.25) is 0 Å². The van der Waals surface area contributed by atoms with Crippen LogP contribution < -0.4 is 18.9 Å². The average Bonchev–Trinajstić information content (AvgIpc) is 2.17. The van der Waals surface area contributed by atoms with E-state index in [4.69, 9.17) is 0 Å². The van der Waals surface area contributed by atoms with Crippen molar-refractivity contribution in [1.82, 2.24) is 4.90 Å². The molecule has 0 amide bonds. The van der Waals surface area contributed by atoms with E-state index in [0.29, 0.717) is 0 Å². The van der Waals surface area contributed by atoms with Crippen molar-refractivity contribution in [1.29, 1.82) is 0 Å². The van der Waals surface area contributed by atoms with Crippen molar-refractivity contribution in [3.8, 4) is 0 Å². The maximum Gasteiger partial charge on any atom is 1.00 e. The maximum atomic E-state index is 2.22. The van der Waals surface area contributed by atoms with Gasteiger partial charge >= 0.3 is 18.9 Å². The molecule has 0 unspecified atom stereocenters. The van der Waals surface area contributed by atoms with Gasteiger partial charge in [0.05, 0.1) is 0 Å². The summed E-state index contributed by atoms with van der Waals surface area (Å²) in [5.74, 6) is 0. The van der Waals surface area contributed by atoms with E-state index in [1.807, 2.05) is 0 Å². The summed E-state index contributed by atoms with van der Waals surface area (Å²) in [6.07, 6.45) is 5.46. The van der Waals surface area contributed by atoms with Gasteiger partial charge in [-0.05, 0) is 20.5 Å². The third kappa shape index (κ3) is 2.07. The average molecular weight is 179 g/mol. The van der Waals surface area contributed by atoms with Gasteiger partial charge in [0.1, 0.15) is 0 Å². The fourth-order valence-electron chi connectivity index (χ4n) is 1.74. The van der Waals surface area contributed by atoms with Crippen LogP contribution in [0.25, 0.3) is 6.08 Å². The largest absolute Gasteiger partial charge is 1.00 e. The zero-order chi connectivity index (χ0) is 9.26. The molecule has 2 heteroatoms. The van der Waals surface area contributed by atoms with Crippen molar-refractivity contribution in [2.45, 2.75) is 6.42 Å². The first kappa shape index (κ1) is 11.5. The third-order valence-corrected chi connectivity index (χ3v) is 2.42. The first-order valence-electron chi connectivity index (χ1n) is 4.58. The molecule has 0 bridgehead atoms. The minimum atomic E-state index is 0. The van der Waals surface area contributed by atoms with Crippen LogP contribution in [-0.2, 0) is 0 Å². The van der Waals surface area contributed by atoms with E-state index in [1.165, 1.54) is 17.2 Å². The molecule has 0 heterocycles. The molecule has 1 nitrogen and oxygen atoms in total. The SMILES string of the molecule is CN(C)[C-]1CC=Cc2ccccc21.[Li+]. The second kappa shape index (κ2) is 4.75. The smallest absolute Gasteiger partial charge is 0.336 e. The molecule has 14 heavy (non-hydrogen) atoms. The van der Waals surface area contributed by atoms with Gasteiger partial charge in [0, 0.05) is 0 Å². The molecule has 0 saturated heterocycles. The van der Waals surface area contributed by atoms with E-state index in [-0.39, 0.29) is 18.9 Å². The molecule has 0 N–H and O–H groups in total. The molecule has 1 aliphatic carbocycles. The second-order valence-corrected chi connectivity index (χ2v) is 3.53. The monoisotopic (exact) mass is 179 g/mol. The summed E-state index contributed by atoms with van der Waals surface area (Å²) in [4.78, 5) is 2.20. The molecule has 0 fully saturated rings. The molecule has 1 aliphatic rings. The molecule has 0 radical (unpaired) electrons. The predicted octanol–water partition coefficient (Wildman–Crippen LogP) is -0.451. The van der Waals surface area contributed by atoms with Gasteiger partial charge in [-0.15, -0.1) is 35.9 Å². The summed E-state index contributed by atoms with van der Waals surface area (Å²) in [7, 11) is 4.20. The summed E-state index contributed by atoms with van der Waals surface area (Å²) in [5, 5.41) is 0. The predicted molar refractivity (Wildman–Crippen MR) is 56.1 cm³/mol. The third-order valence-electron chi connectivity index (χ3n) is 2.42. The summed E-state index contributed by atoms with van der Waals surface area (Å²) in [5.41, 5.74) is 2.70. The van der Waals surface area contributed by atoms with Crippen LogP contribution in [0.4, 0.5) is 0 Å². The number of fused-ring (bicyclic) bond motifs is 1. The normalized spacial score (nSPS) is 13.8. The Balaban J connectivity index is 0.000000980. The number of nitrogens with zero attached hydrogens (tertiary/aromatic N) is 1. The van der Waals surface area contributed by atoms with Crippen molar-refractivity contribution in [2.75, 3.05) is 14.1 Å². The van der Waals surface area contributed by atoms with Crippen LogP contribution in [0.5, 0.6) is 0 Å². The molecule has 0 spiro atoms. The van der Waals surface area contributed by atoms with E-state index < -0.39 is 0 Å². The minimum absolute atomic E-state index is 0. The van der Waals surface area contributed by atoms with Gasteiger partial charge in [-0.3, -0.25) is 0 Å². The van der Waals surface area contributed by atoms with Gasteiger partial charge in [-0.25, -0.2) is 0 Å². The molecule has 1 aromatic carbocycles. The van der Waals surface area contributed by atoms with Crippen molar-refractivity contribution < 1.29 is 18.9 Å². The van der Waals surface area contributed by atoms with E-state index in [1.54, 1.807) is 0 Å². The molecule has 68 valence electrons. The van der Waals surface area contributed by atoms with Crippen molar-refractivity contribution in [3.05, 3.63) is 47.5 Å². The Kier molecular flexibility index (Phi) is 3.89. The van der Waals surface area contributed by atoms with Gasteiger partial charge in [0.15, 0.2) is 0 Å². The van der Waals surface area contributed by atoms with E-state index >= 15 is 0 Å². The minimum Gasteiger partial charge on any atom is -0.336 e. The molecule has 0 atom stereocenters. The van der Waals surface area contributed by atoms with Gasteiger partial charge in [-0.1, -0.05) is 6.07 Å². The van der Waals surface area contributed by atoms with E-state index in [9.17, 15) is 0 Å². The standard InChI is InChI=1S/C12H14N.Li/c1-13(2)12-9-5-7-10-6-3-4-8-11(10)12;/h3-8H,9H2,1-2H3;/q-1;+1. The maximum absolute atomic E-state index is 2.22. The van der Waals surface area contributed by atoms with E-state index in [2.05, 4.69) is 55.4 Å². The summed E-state index contributed by atoms with van der Waals surface area (Å²) >= 11 is 0. The fourth-order valence-corrected chi connectivity index (χ4v) is 1.74. The molecular formula is C12H14LiN. The Morgan fingerprint density at radius 2 is 1.93 bits per heavy atom. The number of benzene rings is 1. The molecule has 1 aromatic rings. The second-order valence-electron chi connectivity index (χ2n) is 3.53. The molecule has 0 saturated carbocycles. The van der Waals surface area contributed by atoms with E-state index in [0.717, 1.165) is 6.42 Å². The van der Waals surface area contributed by atoms with Crippen molar-refractivity contribution >= 4 is 6.08 Å². The number of rotatable bonds is 1. The van der Waals surface area contributed by atoms with Gasteiger partial charge in [-0.2, -0.15) is 11.6 Å². The van der Waals surface area contributed by atoms with Gasteiger partial charge < -0.3 is 4.90 Å². The molecule has 0 aliphatic heterocycles. The summed E-state index contributed by atoms with van der Waals surface area (Å²) < 4.78 is 0. The Labute approximate surface area is 98.0 Å². The fraction of sp³-hybridized carbons (Fsp3) is 0.250. The van der Waals surface area contributed by atoms with Gasteiger partial charge in [0.25, 0.3) is 0 Å². The Hall–Kier alpha value is -0.613. The Bertz CT molecular complexity index is 331. The Morgan fingerprint density at radius 3 is 2.64 bits per heavy atom. The number of hydrogen-bond donors (Lipinski definition) is 0. The summed E-state index contributed by atoms with van der Waals surface area (Å²) in [6.45, 7) is 0. The first-order chi connectivity index (χ1) is 6.29. The van der Waals surface area contributed by atoms with Crippen molar-refractivity contribution in [3.63, 3.8) is 0 Å². The van der Waals surface area contributed by atoms with Crippen LogP contribution in [-0.4, -0.2) is 19.0 Å². The van der Waals surface area contributed by atoms with Crippen LogP contribution in [0.2, 0.25) is 0 Å². The van der Waals surface area contributed by atoms with Crippen LogP contribution >= 0.6 is 0 Å². The van der Waals surface area contributed by atoms with Crippen molar-refractivity contribution in [2.24, 2.45) is 0 Å². The first-order valence-corrected chi connectivity index (χ1v) is 4.58. The van der Waals surface area contributed by atoms with Crippen LogP contribution in [0, 0.1) is 6.04 Å². The molecule has 2 rings (SSSR count). The molecular weight excluding hydrogens is 165 g/mol. The Morgan fingerprint density at radius 1 is 1.21 bits per heavy atom. The van der Waals surface area contributed by atoms with Crippen LogP contribution in [0.1, 0.15) is 17.5 Å². The zero-order valence-electron chi connectivity index (χ0n) is 9.12. The zero-order valence-corrected chi connectivity index (χ0v) is 9.12. The topological polar surface area (TPSA) is 3.24 Å². The van der Waals surface area contributed by atoms with Crippen LogP contribution in [0.15, 0.2) is 30.3 Å².